The van der Waals surface area contributed by atoms with Crippen molar-refractivity contribution >= 4 is 0 Å². The predicted octanol–water partition coefficient (Wildman–Crippen LogP) is 3.32. The highest BCUT2D eigenvalue weighted by Crippen LogP contribution is 2.34. The van der Waals surface area contributed by atoms with Crippen LogP contribution in [0, 0.1) is 5.92 Å². The molecule has 0 spiro atoms. The summed E-state index contributed by atoms with van der Waals surface area (Å²) in [6, 6.07) is 0.425. The van der Waals surface area contributed by atoms with Crippen LogP contribution in [0.15, 0.2) is 12.5 Å². The molecule has 4 heteroatoms. The van der Waals surface area contributed by atoms with Gasteiger partial charge in [-0.25, -0.2) is 4.98 Å². The van der Waals surface area contributed by atoms with Crippen LogP contribution in [0.3, 0.4) is 0 Å². The van der Waals surface area contributed by atoms with E-state index in [0.29, 0.717) is 12.0 Å². The number of rotatable bonds is 4. The van der Waals surface area contributed by atoms with Crippen molar-refractivity contribution in [1.82, 2.24) is 14.9 Å². The van der Waals surface area contributed by atoms with E-state index in [4.69, 9.17) is 4.74 Å². The summed E-state index contributed by atoms with van der Waals surface area (Å²) in [6.07, 6.45) is 6.44. The summed E-state index contributed by atoms with van der Waals surface area (Å²) < 4.78 is 8.33. The number of nitrogens with zero attached hydrogens (tertiary/aromatic N) is 2. The normalized spacial score (nSPS) is 24.3. The predicted molar refractivity (Wildman–Crippen MR) is 81.8 cm³/mol. The Hall–Kier alpha value is -0.870. The molecule has 2 atom stereocenters. The van der Waals surface area contributed by atoms with Crippen molar-refractivity contribution < 1.29 is 4.74 Å². The molecule has 0 amide bonds. The van der Waals surface area contributed by atoms with E-state index in [1.54, 1.807) is 0 Å². The Kier molecular flexibility index (Phi) is 4.86. The molecule has 0 aliphatic carbocycles. The number of hydrogen-bond acceptors (Lipinski definition) is 3. The molecule has 4 nitrogen and oxygen atoms in total. The van der Waals surface area contributed by atoms with Gasteiger partial charge in [-0.15, -0.1) is 0 Å². The minimum Gasteiger partial charge on any atom is -0.372 e. The first-order valence-corrected chi connectivity index (χ1v) is 7.77. The fraction of sp³-hybridized carbons (Fsp3) is 0.812. The van der Waals surface area contributed by atoms with Gasteiger partial charge in [0.05, 0.1) is 18.2 Å². The average Bonchev–Trinajstić information content (AvgIpc) is 2.85. The molecule has 114 valence electrons. The summed E-state index contributed by atoms with van der Waals surface area (Å²) in [5, 5.41) is 3.62. The maximum absolute atomic E-state index is 6.09. The van der Waals surface area contributed by atoms with Crippen molar-refractivity contribution in [2.24, 2.45) is 5.92 Å². The summed E-state index contributed by atoms with van der Waals surface area (Å²) >= 11 is 0. The standard InChI is InChI=1S/C16H29N3O/c1-12(2)19-11-17-10-14(19)15-13(7-6-8-20-15)9-18-16(3,4)5/h10-13,15,18H,6-9H2,1-5H3. The number of nitrogens with one attached hydrogen (secondary N) is 1. The second-order valence-electron chi connectivity index (χ2n) is 7.14. The van der Waals surface area contributed by atoms with Crippen molar-refractivity contribution in [3.05, 3.63) is 18.2 Å². The number of imidazole rings is 1. The minimum absolute atomic E-state index is 0.153. The van der Waals surface area contributed by atoms with Crippen LogP contribution in [0.2, 0.25) is 0 Å². The van der Waals surface area contributed by atoms with E-state index >= 15 is 0 Å². The van der Waals surface area contributed by atoms with Gasteiger partial charge < -0.3 is 14.6 Å². The van der Waals surface area contributed by atoms with Crippen LogP contribution in [-0.2, 0) is 4.74 Å². The summed E-state index contributed by atoms with van der Waals surface area (Å²) in [5.41, 5.74) is 1.38. The van der Waals surface area contributed by atoms with Crippen molar-refractivity contribution in [2.45, 2.75) is 65.1 Å². The molecule has 1 fully saturated rings. The Balaban J connectivity index is 2.12. The average molecular weight is 279 g/mol. The molecular weight excluding hydrogens is 250 g/mol. The van der Waals surface area contributed by atoms with E-state index in [2.05, 4.69) is 49.5 Å². The molecule has 20 heavy (non-hydrogen) atoms. The van der Waals surface area contributed by atoms with Crippen molar-refractivity contribution in [3.63, 3.8) is 0 Å². The van der Waals surface area contributed by atoms with E-state index in [-0.39, 0.29) is 11.6 Å². The molecule has 0 bridgehead atoms. The highest BCUT2D eigenvalue weighted by molar-refractivity contribution is 5.07. The van der Waals surface area contributed by atoms with Crippen LogP contribution >= 0.6 is 0 Å². The molecule has 1 aromatic heterocycles. The van der Waals surface area contributed by atoms with E-state index in [1.165, 1.54) is 12.1 Å². The second kappa shape index (κ2) is 6.27. The summed E-state index contributed by atoms with van der Waals surface area (Å²) in [5.74, 6) is 0.525. The molecule has 0 aromatic carbocycles. The first-order valence-electron chi connectivity index (χ1n) is 7.77. The molecule has 2 heterocycles. The third-order valence-electron chi connectivity index (χ3n) is 3.88. The lowest BCUT2D eigenvalue weighted by molar-refractivity contribution is -0.0340. The molecule has 1 aliphatic heterocycles. The SMILES string of the molecule is CC(C)n1cncc1C1OCCCC1CNC(C)(C)C. The molecular formula is C16H29N3O. The van der Waals surface area contributed by atoms with Gasteiger partial charge >= 0.3 is 0 Å². The Bertz CT molecular complexity index is 420. The van der Waals surface area contributed by atoms with Gasteiger partial charge in [0.2, 0.25) is 0 Å². The van der Waals surface area contributed by atoms with Crippen LogP contribution in [-0.4, -0.2) is 28.2 Å². The van der Waals surface area contributed by atoms with Crippen LogP contribution in [0.1, 0.15) is 65.3 Å². The number of hydrogen-bond donors (Lipinski definition) is 1. The van der Waals surface area contributed by atoms with Crippen LogP contribution in [0.5, 0.6) is 0 Å². The molecule has 1 aromatic rings. The largest absolute Gasteiger partial charge is 0.372 e. The van der Waals surface area contributed by atoms with E-state index in [1.807, 2.05) is 12.5 Å². The monoisotopic (exact) mass is 279 g/mol. The van der Waals surface area contributed by atoms with Crippen molar-refractivity contribution in [1.29, 1.82) is 0 Å². The molecule has 1 N–H and O–H groups in total. The topological polar surface area (TPSA) is 39.1 Å². The van der Waals surface area contributed by atoms with Crippen molar-refractivity contribution in [2.75, 3.05) is 13.2 Å². The Labute approximate surface area is 122 Å². The maximum atomic E-state index is 6.09. The summed E-state index contributed by atoms with van der Waals surface area (Å²) in [6.45, 7) is 12.9. The highest BCUT2D eigenvalue weighted by atomic mass is 16.5. The summed E-state index contributed by atoms with van der Waals surface area (Å²) in [4.78, 5) is 4.32. The van der Waals surface area contributed by atoms with Crippen LogP contribution in [0.25, 0.3) is 0 Å². The number of ether oxygens (including phenoxy) is 1. The zero-order valence-corrected chi connectivity index (χ0v) is 13.5. The molecule has 2 unspecified atom stereocenters. The quantitative estimate of drug-likeness (QED) is 0.919. The second-order valence-corrected chi connectivity index (χ2v) is 7.14. The first-order chi connectivity index (χ1) is 9.38. The lowest BCUT2D eigenvalue weighted by Crippen LogP contribution is -2.42. The molecule has 1 aliphatic rings. The Morgan fingerprint density at radius 1 is 1.45 bits per heavy atom. The Morgan fingerprint density at radius 3 is 2.85 bits per heavy atom. The van der Waals surface area contributed by atoms with E-state index in [0.717, 1.165) is 19.6 Å². The van der Waals surface area contributed by atoms with E-state index in [9.17, 15) is 0 Å². The van der Waals surface area contributed by atoms with Gasteiger partial charge in [0.15, 0.2) is 0 Å². The van der Waals surface area contributed by atoms with E-state index < -0.39 is 0 Å². The lowest BCUT2D eigenvalue weighted by atomic mass is 9.91. The van der Waals surface area contributed by atoms with Gasteiger partial charge in [-0.3, -0.25) is 0 Å². The van der Waals surface area contributed by atoms with Crippen LogP contribution in [0.4, 0.5) is 0 Å². The van der Waals surface area contributed by atoms with Gasteiger partial charge in [0.1, 0.15) is 6.10 Å². The smallest absolute Gasteiger partial charge is 0.103 e. The third kappa shape index (κ3) is 3.83. The maximum Gasteiger partial charge on any atom is 0.103 e. The molecule has 2 rings (SSSR count). The summed E-state index contributed by atoms with van der Waals surface area (Å²) in [7, 11) is 0. The van der Waals surface area contributed by atoms with Crippen LogP contribution < -0.4 is 5.32 Å². The molecule has 0 saturated carbocycles. The Morgan fingerprint density at radius 2 is 2.20 bits per heavy atom. The van der Waals surface area contributed by atoms with Crippen molar-refractivity contribution in [3.8, 4) is 0 Å². The zero-order valence-electron chi connectivity index (χ0n) is 13.5. The third-order valence-corrected chi connectivity index (χ3v) is 3.88. The zero-order chi connectivity index (χ0) is 14.8. The van der Waals surface area contributed by atoms with Gasteiger partial charge in [0, 0.05) is 30.7 Å². The highest BCUT2D eigenvalue weighted by Gasteiger charge is 2.30. The van der Waals surface area contributed by atoms with Gasteiger partial charge in [0.25, 0.3) is 0 Å². The lowest BCUT2D eigenvalue weighted by Gasteiger charge is -2.35. The van der Waals surface area contributed by atoms with Gasteiger partial charge in [-0.2, -0.15) is 0 Å². The molecule has 1 saturated heterocycles. The fourth-order valence-electron chi connectivity index (χ4n) is 2.78. The first kappa shape index (κ1) is 15.5. The van der Waals surface area contributed by atoms with Gasteiger partial charge in [-0.05, 0) is 47.5 Å². The minimum atomic E-state index is 0.153. The molecule has 0 radical (unpaired) electrons. The number of aromatic nitrogens is 2. The van der Waals surface area contributed by atoms with Gasteiger partial charge in [-0.1, -0.05) is 0 Å². The fourth-order valence-corrected chi connectivity index (χ4v) is 2.78.